The van der Waals surface area contributed by atoms with Gasteiger partial charge in [0.2, 0.25) is 0 Å². The zero-order valence-corrected chi connectivity index (χ0v) is 23.2. The van der Waals surface area contributed by atoms with Crippen molar-refractivity contribution in [2.75, 3.05) is 0 Å². The van der Waals surface area contributed by atoms with Gasteiger partial charge in [0.05, 0.1) is 0 Å². The summed E-state index contributed by atoms with van der Waals surface area (Å²) < 4.78 is 42.2. The van der Waals surface area contributed by atoms with E-state index in [0.29, 0.717) is 11.5 Å². The average molecular weight is 523 g/mol. The molecule has 0 nitrogen and oxygen atoms in total. The molecule has 38 heavy (non-hydrogen) atoms. The van der Waals surface area contributed by atoms with Gasteiger partial charge in [0.1, 0.15) is 5.82 Å². The molecule has 0 aromatic heterocycles. The van der Waals surface area contributed by atoms with Crippen molar-refractivity contribution in [3.63, 3.8) is 0 Å². The molecule has 3 heteroatoms. The van der Waals surface area contributed by atoms with E-state index in [1.165, 1.54) is 94.7 Å². The van der Waals surface area contributed by atoms with Gasteiger partial charge in [-0.3, -0.25) is 0 Å². The Bertz CT molecular complexity index is 1090. The second-order valence-electron chi connectivity index (χ2n) is 12.5. The molecule has 5 rings (SSSR count). The predicted octanol–water partition coefficient (Wildman–Crippen LogP) is 11.1. The molecule has 1 unspecified atom stereocenters. The van der Waals surface area contributed by atoms with Gasteiger partial charge in [-0.25, -0.2) is 13.2 Å². The molecule has 0 bridgehead atoms. The van der Waals surface area contributed by atoms with Crippen LogP contribution in [0, 0.1) is 35.2 Å². The average Bonchev–Trinajstić information content (AvgIpc) is 2.95. The SMILES string of the molecule is CCCCCC1CCC(C2CCC(c3ccc(C4=CCC(c5ccc(F)c(F)c5)CC4)c(F)c3)CC2)CC1. The fourth-order valence-electron chi connectivity index (χ4n) is 7.75. The maximum atomic E-state index is 15.3. The quantitative estimate of drug-likeness (QED) is 0.302. The van der Waals surface area contributed by atoms with Crippen molar-refractivity contribution >= 4 is 5.57 Å². The molecule has 0 aliphatic heterocycles. The standard InChI is InChI=1S/C35H45F3/c1-2-3-4-5-24-6-8-25(9-7-24)26-10-12-27(13-11-26)30-18-20-32(34(37)22-30)29-16-14-28(15-17-29)31-19-21-33(36)35(38)23-31/h16,18-28H,2-15,17H2,1H3. The van der Waals surface area contributed by atoms with E-state index in [0.717, 1.165) is 48.2 Å². The third kappa shape index (κ3) is 6.57. The molecule has 0 amide bonds. The Balaban J connectivity index is 1.12. The maximum Gasteiger partial charge on any atom is 0.159 e. The third-order valence-electron chi connectivity index (χ3n) is 10.2. The highest BCUT2D eigenvalue weighted by Gasteiger charge is 2.31. The summed E-state index contributed by atoms with van der Waals surface area (Å²) in [6, 6.07) is 10.1. The molecule has 0 N–H and O–H groups in total. The van der Waals surface area contributed by atoms with Gasteiger partial charge in [-0.1, -0.05) is 69.7 Å². The van der Waals surface area contributed by atoms with Crippen molar-refractivity contribution in [2.45, 2.75) is 115 Å². The third-order valence-corrected chi connectivity index (χ3v) is 10.2. The summed E-state index contributed by atoms with van der Waals surface area (Å²) in [7, 11) is 0. The Morgan fingerprint density at radius 3 is 1.95 bits per heavy atom. The summed E-state index contributed by atoms with van der Waals surface area (Å²) in [6.45, 7) is 2.29. The number of unbranched alkanes of at least 4 members (excludes halogenated alkanes) is 2. The molecule has 0 heterocycles. The molecular weight excluding hydrogens is 477 g/mol. The number of hydrogen-bond donors (Lipinski definition) is 0. The van der Waals surface area contributed by atoms with Gasteiger partial charge in [-0.05, 0) is 122 Å². The topological polar surface area (TPSA) is 0 Å². The lowest BCUT2D eigenvalue weighted by Crippen LogP contribution is -2.25. The van der Waals surface area contributed by atoms with E-state index in [-0.39, 0.29) is 11.7 Å². The highest BCUT2D eigenvalue weighted by molar-refractivity contribution is 5.67. The van der Waals surface area contributed by atoms with Crippen LogP contribution in [0.2, 0.25) is 0 Å². The van der Waals surface area contributed by atoms with Gasteiger partial charge in [0, 0.05) is 5.56 Å². The van der Waals surface area contributed by atoms with Crippen molar-refractivity contribution in [3.8, 4) is 0 Å². The van der Waals surface area contributed by atoms with E-state index in [9.17, 15) is 8.78 Å². The van der Waals surface area contributed by atoms with Crippen LogP contribution in [0.5, 0.6) is 0 Å². The summed E-state index contributed by atoms with van der Waals surface area (Å²) in [5.41, 5.74) is 3.75. The molecule has 2 saturated carbocycles. The molecule has 0 radical (unpaired) electrons. The zero-order valence-electron chi connectivity index (χ0n) is 23.2. The van der Waals surface area contributed by atoms with E-state index in [2.05, 4.69) is 19.1 Å². The van der Waals surface area contributed by atoms with Crippen LogP contribution >= 0.6 is 0 Å². The van der Waals surface area contributed by atoms with Crippen LogP contribution < -0.4 is 0 Å². The van der Waals surface area contributed by atoms with Crippen molar-refractivity contribution in [2.24, 2.45) is 17.8 Å². The smallest absolute Gasteiger partial charge is 0.159 e. The van der Waals surface area contributed by atoms with Crippen molar-refractivity contribution < 1.29 is 13.2 Å². The van der Waals surface area contributed by atoms with Crippen LogP contribution in [0.15, 0.2) is 42.5 Å². The first-order valence-corrected chi connectivity index (χ1v) is 15.5. The van der Waals surface area contributed by atoms with Gasteiger partial charge < -0.3 is 0 Å². The van der Waals surface area contributed by atoms with Crippen LogP contribution in [0.1, 0.15) is 132 Å². The lowest BCUT2D eigenvalue weighted by molar-refractivity contribution is 0.155. The van der Waals surface area contributed by atoms with Gasteiger partial charge in [0.15, 0.2) is 11.6 Å². The molecule has 0 spiro atoms. The first-order valence-electron chi connectivity index (χ1n) is 15.5. The van der Waals surface area contributed by atoms with Crippen LogP contribution in [-0.2, 0) is 0 Å². The minimum absolute atomic E-state index is 0.108. The lowest BCUT2D eigenvalue weighted by Gasteiger charge is -2.38. The molecule has 2 aromatic carbocycles. The van der Waals surface area contributed by atoms with Crippen LogP contribution in [-0.4, -0.2) is 0 Å². The molecule has 206 valence electrons. The second-order valence-corrected chi connectivity index (χ2v) is 12.5. The molecule has 3 aliphatic rings. The van der Waals surface area contributed by atoms with Gasteiger partial charge >= 0.3 is 0 Å². The Morgan fingerprint density at radius 1 is 0.658 bits per heavy atom. The molecule has 2 fully saturated rings. The zero-order chi connectivity index (χ0) is 26.5. The summed E-state index contributed by atoms with van der Waals surface area (Å²) in [4.78, 5) is 0. The second kappa shape index (κ2) is 12.9. The largest absolute Gasteiger partial charge is 0.206 e. The lowest BCUT2D eigenvalue weighted by atomic mass is 9.68. The predicted molar refractivity (Wildman–Crippen MR) is 152 cm³/mol. The molecule has 2 aromatic rings. The molecule has 0 saturated heterocycles. The van der Waals surface area contributed by atoms with Crippen LogP contribution in [0.25, 0.3) is 5.57 Å². The van der Waals surface area contributed by atoms with Crippen molar-refractivity contribution in [1.29, 1.82) is 0 Å². The number of allylic oxidation sites excluding steroid dienone is 2. The Hall–Kier alpha value is -2.03. The number of rotatable bonds is 8. The molecular formula is C35H45F3. The number of halogens is 3. The highest BCUT2D eigenvalue weighted by Crippen LogP contribution is 2.45. The van der Waals surface area contributed by atoms with Gasteiger partial charge in [-0.2, -0.15) is 0 Å². The minimum atomic E-state index is -0.809. The summed E-state index contributed by atoms with van der Waals surface area (Å²) in [5.74, 6) is 1.71. The number of hydrogen-bond acceptors (Lipinski definition) is 0. The maximum absolute atomic E-state index is 15.3. The molecule has 3 aliphatic carbocycles. The summed E-state index contributed by atoms with van der Waals surface area (Å²) in [6.07, 6.45) is 20.7. The normalized spacial score (nSPS) is 28.2. The van der Waals surface area contributed by atoms with Gasteiger partial charge in [0.25, 0.3) is 0 Å². The Morgan fingerprint density at radius 2 is 1.32 bits per heavy atom. The molecule has 1 atom stereocenters. The highest BCUT2D eigenvalue weighted by atomic mass is 19.2. The first-order chi connectivity index (χ1) is 18.5. The fraction of sp³-hybridized carbons (Fsp3) is 0.600. The van der Waals surface area contributed by atoms with E-state index in [4.69, 9.17) is 0 Å². The van der Waals surface area contributed by atoms with Crippen LogP contribution in [0.3, 0.4) is 0 Å². The first kappa shape index (κ1) is 27.5. The van der Waals surface area contributed by atoms with E-state index in [1.807, 2.05) is 6.07 Å². The van der Waals surface area contributed by atoms with Crippen molar-refractivity contribution in [3.05, 3.63) is 76.6 Å². The minimum Gasteiger partial charge on any atom is -0.206 e. The van der Waals surface area contributed by atoms with E-state index < -0.39 is 11.6 Å². The Kier molecular flexibility index (Phi) is 9.33. The van der Waals surface area contributed by atoms with Gasteiger partial charge in [-0.15, -0.1) is 0 Å². The van der Waals surface area contributed by atoms with E-state index in [1.54, 1.807) is 12.1 Å². The number of benzene rings is 2. The van der Waals surface area contributed by atoms with Crippen LogP contribution in [0.4, 0.5) is 13.2 Å². The monoisotopic (exact) mass is 522 g/mol. The van der Waals surface area contributed by atoms with E-state index >= 15 is 4.39 Å². The Labute approximate surface area is 228 Å². The van der Waals surface area contributed by atoms with Crippen molar-refractivity contribution in [1.82, 2.24) is 0 Å². The summed E-state index contributed by atoms with van der Waals surface area (Å²) in [5, 5.41) is 0. The summed E-state index contributed by atoms with van der Waals surface area (Å²) >= 11 is 0. The fourth-order valence-corrected chi connectivity index (χ4v) is 7.75.